The van der Waals surface area contributed by atoms with Crippen LogP contribution in [0.25, 0.3) is 0 Å². The van der Waals surface area contributed by atoms with Gasteiger partial charge in [-0.05, 0) is 33.3 Å². The summed E-state index contributed by atoms with van der Waals surface area (Å²) in [5.74, 6) is -2.10. The number of rotatable bonds is 8. The number of ether oxygens (including phenoxy) is 2. The molecule has 31 heavy (non-hydrogen) atoms. The van der Waals surface area contributed by atoms with Gasteiger partial charge in [0.2, 0.25) is 5.91 Å². The molecule has 2 aromatic rings. The first kappa shape index (κ1) is 23.7. The molecule has 0 aliphatic rings. The highest BCUT2D eigenvalue weighted by Gasteiger charge is 2.27. The number of carbonyl (C=O) groups excluding carboxylic acids is 3. The number of hydrogen-bond donors (Lipinski definition) is 1. The average molecular weight is 451 g/mol. The van der Waals surface area contributed by atoms with E-state index in [1.165, 1.54) is 13.8 Å². The van der Waals surface area contributed by atoms with Crippen molar-refractivity contribution >= 4 is 39.9 Å². The molecule has 0 atom stereocenters. The number of carbonyl (C=O) groups is 3. The minimum absolute atomic E-state index is 0.00539. The lowest BCUT2D eigenvalue weighted by molar-refractivity contribution is -0.385. The second kappa shape index (κ2) is 9.98. The summed E-state index contributed by atoms with van der Waals surface area (Å²) in [4.78, 5) is 59.9. The lowest BCUT2D eigenvalue weighted by atomic mass is 10.1. The summed E-state index contributed by atoms with van der Waals surface area (Å²) in [5.41, 5.74) is -0.508. The van der Waals surface area contributed by atoms with Gasteiger partial charge in [-0.2, -0.15) is 0 Å². The topological polar surface area (TPSA) is 147 Å². The van der Waals surface area contributed by atoms with Gasteiger partial charge in [-0.1, -0.05) is 0 Å². The summed E-state index contributed by atoms with van der Waals surface area (Å²) < 4.78 is 10.9. The number of pyridine rings is 1. The zero-order chi connectivity index (χ0) is 23.3. The molecule has 2 rings (SSSR count). The summed E-state index contributed by atoms with van der Waals surface area (Å²) in [6, 6.07) is 1.11. The van der Waals surface area contributed by atoms with Crippen molar-refractivity contribution in [3.05, 3.63) is 54.3 Å². The van der Waals surface area contributed by atoms with Crippen LogP contribution in [-0.4, -0.2) is 40.5 Å². The number of esters is 2. The Morgan fingerprint density at radius 1 is 1.16 bits per heavy atom. The van der Waals surface area contributed by atoms with E-state index in [2.05, 4.69) is 5.32 Å². The zero-order valence-corrected chi connectivity index (χ0v) is 18.2. The molecule has 0 spiro atoms. The van der Waals surface area contributed by atoms with Crippen LogP contribution in [0.2, 0.25) is 0 Å². The summed E-state index contributed by atoms with van der Waals surface area (Å²) in [7, 11) is 0. The van der Waals surface area contributed by atoms with Crippen LogP contribution < -0.4 is 10.9 Å². The Balaban J connectivity index is 2.39. The van der Waals surface area contributed by atoms with Crippen LogP contribution in [0, 0.1) is 24.0 Å². The molecule has 1 amide bonds. The van der Waals surface area contributed by atoms with Crippen LogP contribution in [0.5, 0.6) is 0 Å². The van der Waals surface area contributed by atoms with E-state index in [4.69, 9.17) is 9.47 Å². The van der Waals surface area contributed by atoms with Crippen LogP contribution >= 0.6 is 11.3 Å². The predicted octanol–water partition coefficient (Wildman–Crippen LogP) is 2.43. The Hall–Kier alpha value is -3.54. The number of nitro groups is 1. The van der Waals surface area contributed by atoms with Crippen molar-refractivity contribution in [1.82, 2.24) is 4.57 Å². The number of aryl methyl sites for hydroxylation is 1. The lowest BCUT2D eigenvalue weighted by Gasteiger charge is -2.09. The monoisotopic (exact) mass is 451 g/mol. The third-order valence-electron chi connectivity index (χ3n) is 4.12. The van der Waals surface area contributed by atoms with Crippen molar-refractivity contribution in [3.63, 3.8) is 0 Å². The highest BCUT2D eigenvalue weighted by molar-refractivity contribution is 7.18. The van der Waals surface area contributed by atoms with Gasteiger partial charge in [0.1, 0.15) is 16.4 Å². The van der Waals surface area contributed by atoms with Gasteiger partial charge in [0.25, 0.3) is 11.2 Å². The quantitative estimate of drug-likeness (QED) is 0.366. The van der Waals surface area contributed by atoms with E-state index in [-0.39, 0.29) is 39.9 Å². The molecule has 0 aliphatic carbocycles. The fourth-order valence-electron chi connectivity index (χ4n) is 2.75. The molecule has 0 unspecified atom stereocenters. The Labute approximate surface area is 180 Å². The molecule has 1 N–H and O–H groups in total. The molecule has 2 heterocycles. The first-order chi connectivity index (χ1) is 14.6. The fraction of sp³-hybridized carbons (Fsp3) is 0.368. The Kier molecular flexibility index (Phi) is 7.64. The second-order valence-electron chi connectivity index (χ2n) is 6.32. The molecule has 0 saturated carbocycles. The first-order valence-electron chi connectivity index (χ1n) is 9.23. The number of nitrogens with one attached hydrogen (secondary N) is 1. The van der Waals surface area contributed by atoms with Gasteiger partial charge in [-0.3, -0.25) is 24.3 Å². The van der Waals surface area contributed by atoms with Crippen molar-refractivity contribution in [2.75, 3.05) is 18.5 Å². The van der Waals surface area contributed by atoms with Crippen molar-refractivity contribution in [2.45, 2.75) is 34.2 Å². The fourth-order valence-corrected chi connectivity index (χ4v) is 3.85. The second-order valence-corrected chi connectivity index (χ2v) is 7.34. The van der Waals surface area contributed by atoms with Gasteiger partial charge in [0.15, 0.2) is 0 Å². The van der Waals surface area contributed by atoms with E-state index in [1.807, 2.05) is 0 Å². The number of thiophene rings is 1. The van der Waals surface area contributed by atoms with E-state index in [1.54, 1.807) is 13.8 Å². The highest BCUT2D eigenvalue weighted by Crippen LogP contribution is 2.34. The van der Waals surface area contributed by atoms with Crippen molar-refractivity contribution in [3.8, 4) is 0 Å². The molecular formula is C19H21N3O8S. The number of nitrogens with zero attached hydrogens (tertiary/aromatic N) is 2. The summed E-state index contributed by atoms with van der Waals surface area (Å²) in [6.07, 6.45) is 0.963. The van der Waals surface area contributed by atoms with Crippen LogP contribution in [0.3, 0.4) is 0 Å². The number of hydrogen-bond acceptors (Lipinski definition) is 9. The molecule has 0 aliphatic heterocycles. The standard InChI is InChI=1S/C19H21N3O8S/c1-5-29-18(25)14-11(4)15(19(26)30-6-2)31-16(14)20-13(23)9-21-8-12(22(27)28)7-10(3)17(21)24/h7-8H,5-6,9H2,1-4H3,(H,20,23). The van der Waals surface area contributed by atoms with E-state index in [9.17, 15) is 29.3 Å². The molecule has 0 bridgehead atoms. The van der Waals surface area contributed by atoms with Gasteiger partial charge in [0.05, 0.1) is 29.9 Å². The summed E-state index contributed by atoms with van der Waals surface area (Å²) in [6.45, 7) is 5.85. The summed E-state index contributed by atoms with van der Waals surface area (Å²) >= 11 is 0.840. The number of anilines is 1. The Morgan fingerprint density at radius 3 is 2.35 bits per heavy atom. The molecule has 12 heteroatoms. The molecule has 11 nitrogen and oxygen atoms in total. The van der Waals surface area contributed by atoms with Crippen molar-refractivity contribution in [1.29, 1.82) is 0 Å². The van der Waals surface area contributed by atoms with E-state index in [0.717, 1.165) is 28.2 Å². The maximum atomic E-state index is 12.6. The molecule has 0 aromatic carbocycles. The first-order valence-corrected chi connectivity index (χ1v) is 10.0. The normalized spacial score (nSPS) is 10.5. The van der Waals surface area contributed by atoms with Crippen molar-refractivity contribution in [2.24, 2.45) is 0 Å². The van der Waals surface area contributed by atoms with Gasteiger partial charge >= 0.3 is 11.9 Å². The number of aromatic nitrogens is 1. The minimum Gasteiger partial charge on any atom is -0.462 e. The third-order valence-corrected chi connectivity index (χ3v) is 5.30. The van der Waals surface area contributed by atoms with Crippen LogP contribution in [-0.2, 0) is 20.8 Å². The smallest absolute Gasteiger partial charge is 0.348 e. The number of amides is 1. The maximum Gasteiger partial charge on any atom is 0.348 e. The van der Waals surface area contributed by atoms with Crippen molar-refractivity contribution < 1.29 is 28.8 Å². The Morgan fingerprint density at radius 2 is 1.77 bits per heavy atom. The molecule has 166 valence electrons. The van der Waals surface area contributed by atoms with E-state index < -0.39 is 34.9 Å². The lowest BCUT2D eigenvalue weighted by Crippen LogP contribution is -2.29. The van der Waals surface area contributed by atoms with Crippen LogP contribution in [0.1, 0.15) is 45.0 Å². The van der Waals surface area contributed by atoms with Gasteiger partial charge in [0, 0.05) is 11.6 Å². The SMILES string of the molecule is CCOC(=O)c1sc(NC(=O)Cn2cc([N+](=O)[O-])cc(C)c2=O)c(C(=O)OCC)c1C. The summed E-state index contributed by atoms with van der Waals surface area (Å²) in [5, 5.41) is 13.6. The van der Waals surface area contributed by atoms with E-state index in [0.29, 0.717) is 5.56 Å². The van der Waals surface area contributed by atoms with Crippen LogP contribution in [0.15, 0.2) is 17.1 Å². The molecular weight excluding hydrogens is 430 g/mol. The highest BCUT2D eigenvalue weighted by atomic mass is 32.1. The minimum atomic E-state index is -0.731. The Bertz CT molecular complexity index is 1100. The molecule has 0 radical (unpaired) electrons. The average Bonchev–Trinajstić information content (AvgIpc) is 3.01. The maximum absolute atomic E-state index is 12.6. The van der Waals surface area contributed by atoms with E-state index >= 15 is 0 Å². The molecule has 0 fully saturated rings. The molecule has 2 aromatic heterocycles. The van der Waals surface area contributed by atoms with Crippen LogP contribution in [0.4, 0.5) is 10.7 Å². The van der Waals surface area contributed by atoms with Gasteiger partial charge < -0.3 is 14.8 Å². The predicted molar refractivity (Wildman–Crippen MR) is 112 cm³/mol. The third kappa shape index (κ3) is 5.34. The zero-order valence-electron chi connectivity index (χ0n) is 17.3. The molecule has 0 saturated heterocycles. The largest absolute Gasteiger partial charge is 0.462 e. The van der Waals surface area contributed by atoms with Gasteiger partial charge in [-0.25, -0.2) is 9.59 Å². The van der Waals surface area contributed by atoms with Gasteiger partial charge in [-0.15, -0.1) is 11.3 Å².